The van der Waals surface area contributed by atoms with Crippen LogP contribution in [0.15, 0.2) is 41.1 Å². The number of carboxylic acid groups (broad SMARTS) is 1. The second kappa shape index (κ2) is 4.24. The summed E-state index contributed by atoms with van der Waals surface area (Å²) in [6, 6.07) is 7.82. The maximum Gasteiger partial charge on any atom is 0.358 e. The number of halogens is 1. The van der Waals surface area contributed by atoms with Gasteiger partial charge in [-0.25, -0.2) is 9.18 Å². The predicted molar refractivity (Wildman–Crippen MR) is 64.5 cm³/mol. The van der Waals surface area contributed by atoms with Gasteiger partial charge in [0.15, 0.2) is 11.5 Å². The third-order valence-electron chi connectivity index (χ3n) is 2.86. The van der Waals surface area contributed by atoms with E-state index in [1.807, 2.05) is 0 Å². The molecule has 0 aliphatic rings. The molecule has 0 radical (unpaired) electrons. The van der Waals surface area contributed by atoms with E-state index in [2.05, 4.69) is 5.16 Å². The second-order valence-electron chi connectivity index (χ2n) is 4.10. The Morgan fingerprint density at radius 1 is 1.42 bits per heavy atom. The van der Waals surface area contributed by atoms with Gasteiger partial charge in [-0.15, -0.1) is 0 Å². The highest BCUT2D eigenvalue weighted by molar-refractivity contribution is 5.85. The Morgan fingerprint density at radius 3 is 3.00 bits per heavy atom. The minimum Gasteiger partial charge on any atom is -0.476 e. The molecule has 0 fully saturated rings. The van der Waals surface area contributed by atoms with Crippen LogP contribution in [0.2, 0.25) is 0 Å². The van der Waals surface area contributed by atoms with E-state index in [-0.39, 0.29) is 11.5 Å². The van der Waals surface area contributed by atoms with Crippen LogP contribution in [0, 0.1) is 5.82 Å². The molecule has 0 bridgehead atoms. The number of fused-ring (bicyclic) bond motifs is 1. The standard InChI is InChI=1S/C13H9FN2O3/c14-10-2-1-3-12-9(10)4-5-16(12)7-8-6-11(13(17)18)15-19-8/h1-6H,7H2,(H,17,18). The summed E-state index contributed by atoms with van der Waals surface area (Å²) in [6.45, 7) is 0.299. The average molecular weight is 260 g/mol. The highest BCUT2D eigenvalue weighted by atomic mass is 19.1. The number of aromatic nitrogens is 2. The molecule has 0 saturated carbocycles. The average Bonchev–Trinajstić information content (AvgIpc) is 2.98. The fraction of sp³-hybridized carbons (Fsp3) is 0.0769. The van der Waals surface area contributed by atoms with E-state index in [4.69, 9.17) is 9.63 Å². The van der Waals surface area contributed by atoms with E-state index >= 15 is 0 Å². The van der Waals surface area contributed by atoms with Crippen molar-refractivity contribution in [3.8, 4) is 0 Å². The molecule has 6 heteroatoms. The molecule has 5 nitrogen and oxygen atoms in total. The third kappa shape index (κ3) is 1.97. The van der Waals surface area contributed by atoms with Gasteiger partial charge in [-0.3, -0.25) is 0 Å². The maximum absolute atomic E-state index is 13.5. The highest BCUT2D eigenvalue weighted by Gasteiger charge is 2.12. The Labute approximate surface area is 106 Å². The molecule has 96 valence electrons. The van der Waals surface area contributed by atoms with Crippen molar-refractivity contribution in [2.45, 2.75) is 6.54 Å². The lowest BCUT2D eigenvalue weighted by molar-refractivity contribution is 0.0685. The maximum atomic E-state index is 13.5. The first-order valence-electron chi connectivity index (χ1n) is 5.57. The van der Waals surface area contributed by atoms with Gasteiger partial charge in [0.25, 0.3) is 0 Å². The van der Waals surface area contributed by atoms with Crippen molar-refractivity contribution in [2.75, 3.05) is 0 Å². The van der Waals surface area contributed by atoms with E-state index in [0.29, 0.717) is 23.2 Å². The fourth-order valence-electron chi connectivity index (χ4n) is 1.98. The van der Waals surface area contributed by atoms with Crippen LogP contribution in [0.5, 0.6) is 0 Å². The summed E-state index contributed by atoms with van der Waals surface area (Å²) >= 11 is 0. The molecule has 2 aromatic heterocycles. The van der Waals surface area contributed by atoms with Gasteiger partial charge in [0.05, 0.1) is 12.1 Å². The molecule has 0 aliphatic heterocycles. The summed E-state index contributed by atoms with van der Waals surface area (Å²) in [7, 11) is 0. The Bertz CT molecular complexity index is 760. The summed E-state index contributed by atoms with van der Waals surface area (Å²) in [4.78, 5) is 10.7. The first kappa shape index (κ1) is 11.5. The monoisotopic (exact) mass is 260 g/mol. The molecule has 3 rings (SSSR count). The van der Waals surface area contributed by atoms with Crippen molar-refractivity contribution in [3.63, 3.8) is 0 Å². The van der Waals surface area contributed by atoms with Crippen molar-refractivity contribution >= 4 is 16.9 Å². The van der Waals surface area contributed by atoms with Gasteiger partial charge in [0.1, 0.15) is 5.82 Å². The quantitative estimate of drug-likeness (QED) is 0.785. The summed E-state index contributed by atoms with van der Waals surface area (Å²) in [5, 5.41) is 12.7. The van der Waals surface area contributed by atoms with Crippen molar-refractivity contribution in [1.29, 1.82) is 0 Å². The summed E-state index contributed by atoms with van der Waals surface area (Å²) < 4.78 is 20.2. The van der Waals surface area contributed by atoms with Crippen LogP contribution in [-0.2, 0) is 6.54 Å². The van der Waals surface area contributed by atoms with Gasteiger partial charge >= 0.3 is 5.97 Å². The molecule has 19 heavy (non-hydrogen) atoms. The van der Waals surface area contributed by atoms with E-state index < -0.39 is 5.97 Å². The molecule has 0 aliphatic carbocycles. The lowest BCUT2D eigenvalue weighted by Crippen LogP contribution is -1.97. The Hall–Kier alpha value is -2.63. The lowest BCUT2D eigenvalue weighted by atomic mass is 10.2. The zero-order valence-electron chi connectivity index (χ0n) is 9.71. The van der Waals surface area contributed by atoms with Crippen LogP contribution in [0.4, 0.5) is 4.39 Å². The minimum atomic E-state index is -1.14. The zero-order valence-corrected chi connectivity index (χ0v) is 9.71. The Balaban J connectivity index is 1.96. The van der Waals surface area contributed by atoms with Crippen LogP contribution in [0.1, 0.15) is 16.2 Å². The minimum absolute atomic E-state index is 0.141. The molecule has 2 heterocycles. The zero-order chi connectivity index (χ0) is 13.4. The first-order chi connectivity index (χ1) is 9.15. The molecule has 0 spiro atoms. The largest absolute Gasteiger partial charge is 0.476 e. The van der Waals surface area contributed by atoms with Gasteiger partial charge in [-0.2, -0.15) is 0 Å². The summed E-state index contributed by atoms with van der Waals surface area (Å²) in [6.07, 6.45) is 1.72. The van der Waals surface area contributed by atoms with Crippen LogP contribution in [0.3, 0.4) is 0 Å². The predicted octanol–water partition coefficient (Wildman–Crippen LogP) is 2.51. The number of nitrogens with zero attached hydrogens (tertiary/aromatic N) is 2. The lowest BCUT2D eigenvalue weighted by Gasteiger charge is -2.01. The summed E-state index contributed by atoms with van der Waals surface area (Å²) in [5.74, 6) is -1.03. The Kier molecular flexibility index (Phi) is 2.56. The second-order valence-corrected chi connectivity index (χ2v) is 4.10. The summed E-state index contributed by atoms with van der Waals surface area (Å²) in [5.41, 5.74) is 0.575. The molecule has 0 atom stereocenters. The van der Waals surface area contributed by atoms with Gasteiger partial charge in [0.2, 0.25) is 0 Å². The normalized spacial score (nSPS) is 11.0. The van der Waals surface area contributed by atoms with Gasteiger partial charge in [0, 0.05) is 17.6 Å². The van der Waals surface area contributed by atoms with Crippen molar-refractivity contribution < 1.29 is 18.8 Å². The molecule has 0 unspecified atom stereocenters. The van der Waals surface area contributed by atoms with E-state index in [1.54, 1.807) is 29.0 Å². The number of hydrogen-bond donors (Lipinski definition) is 1. The number of aromatic carboxylic acids is 1. The highest BCUT2D eigenvalue weighted by Crippen LogP contribution is 2.20. The van der Waals surface area contributed by atoms with Gasteiger partial charge in [-0.05, 0) is 18.2 Å². The van der Waals surface area contributed by atoms with Crippen molar-refractivity contribution in [1.82, 2.24) is 9.72 Å². The SMILES string of the molecule is O=C(O)c1cc(Cn2ccc3c(F)cccc32)on1. The molecule has 1 aromatic carbocycles. The molecule has 0 saturated heterocycles. The fourth-order valence-corrected chi connectivity index (χ4v) is 1.98. The van der Waals surface area contributed by atoms with Gasteiger partial charge < -0.3 is 14.2 Å². The van der Waals surface area contributed by atoms with E-state index in [0.717, 1.165) is 0 Å². The smallest absolute Gasteiger partial charge is 0.358 e. The van der Waals surface area contributed by atoms with Crippen LogP contribution in [0.25, 0.3) is 10.9 Å². The number of rotatable bonds is 3. The van der Waals surface area contributed by atoms with Crippen molar-refractivity contribution in [2.24, 2.45) is 0 Å². The van der Waals surface area contributed by atoms with Crippen LogP contribution in [-0.4, -0.2) is 20.8 Å². The number of carbonyl (C=O) groups is 1. The molecule has 3 aromatic rings. The molecular weight excluding hydrogens is 251 g/mol. The van der Waals surface area contributed by atoms with Crippen molar-refractivity contribution in [3.05, 3.63) is 53.8 Å². The number of carboxylic acids is 1. The van der Waals surface area contributed by atoms with E-state index in [1.165, 1.54) is 12.1 Å². The van der Waals surface area contributed by atoms with Gasteiger partial charge in [-0.1, -0.05) is 11.2 Å². The first-order valence-corrected chi connectivity index (χ1v) is 5.57. The number of benzene rings is 1. The number of hydrogen-bond acceptors (Lipinski definition) is 3. The Morgan fingerprint density at radius 2 is 2.26 bits per heavy atom. The van der Waals surface area contributed by atoms with E-state index in [9.17, 15) is 9.18 Å². The topological polar surface area (TPSA) is 68.3 Å². The van der Waals surface area contributed by atoms with Crippen LogP contribution >= 0.6 is 0 Å². The molecule has 0 amide bonds. The molecule has 1 N–H and O–H groups in total. The third-order valence-corrected chi connectivity index (χ3v) is 2.86. The van der Waals surface area contributed by atoms with Crippen LogP contribution < -0.4 is 0 Å². The molecular formula is C13H9FN2O3.